The van der Waals surface area contributed by atoms with Crippen LogP contribution < -0.4 is 4.74 Å². The summed E-state index contributed by atoms with van der Waals surface area (Å²) in [6.45, 7) is 0.589. The van der Waals surface area contributed by atoms with Gasteiger partial charge in [-0.15, -0.1) is 0 Å². The minimum absolute atomic E-state index is 0.221. The second-order valence-corrected chi connectivity index (χ2v) is 7.70. The minimum Gasteiger partial charge on any atom is -0.497 e. The molecular formula is C25H18ClN3O3. The minimum atomic E-state index is -0.232. The number of aromatic nitrogens is 3. The van der Waals surface area contributed by atoms with E-state index in [4.69, 9.17) is 20.8 Å². The van der Waals surface area contributed by atoms with Crippen LogP contribution in [0.15, 0.2) is 83.7 Å². The Morgan fingerprint density at radius 3 is 2.72 bits per heavy atom. The highest BCUT2D eigenvalue weighted by Crippen LogP contribution is 2.29. The molecule has 5 aromatic rings. The zero-order valence-corrected chi connectivity index (χ0v) is 17.9. The van der Waals surface area contributed by atoms with Crippen LogP contribution in [0.1, 0.15) is 21.6 Å². The molecule has 0 saturated heterocycles. The first-order chi connectivity index (χ1) is 15.6. The van der Waals surface area contributed by atoms with Gasteiger partial charge in [-0.3, -0.25) is 9.78 Å². The van der Waals surface area contributed by atoms with Crippen LogP contribution in [-0.2, 0) is 6.54 Å². The van der Waals surface area contributed by atoms with E-state index in [0.29, 0.717) is 34.5 Å². The molecule has 0 fully saturated rings. The van der Waals surface area contributed by atoms with Crippen LogP contribution in [0.5, 0.6) is 5.75 Å². The van der Waals surface area contributed by atoms with Gasteiger partial charge in [0.15, 0.2) is 5.69 Å². The van der Waals surface area contributed by atoms with Crippen molar-refractivity contribution in [1.29, 1.82) is 0 Å². The Morgan fingerprint density at radius 1 is 1.12 bits per heavy atom. The lowest BCUT2D eigenvalue weighted by Crippen LogP contribution is -2.02. The van der Waals surface area contributed by atoms with Gasteiger partial charge in [0, 0.05) is 40.4 Å². The van der Waals surface area contributed by atoms with E-state index in [-0.39, 0.29) is 11.5 Å². The van der Waals surface area contributed by atoms with Crippen molar-refractivity contribution in [3.63, 3.8) is 0 Å². The number of rotatable bonds is 6. The molecule has 3 aromatic heterocycles. The Balaban J connectivity index is 1.56. The summed E-state index contributed by atoms with van der Waals surface area (Å²) in [5.74, 6) is 0.741. The van der Waals surface area contributed by atoms with E-state index >= 15 is 0 Å². The maximum Gasteiger partial charge on any atom is 0.245 e. The van der Waals surface area contributed by atoms with Crippen LogP contribution >= 0.6 is 11.6 Å². The summed E-state index contributed by atoms with van der Waals surface area (Å²) >= 11 is 6.02. The van der Waals surface area contributed by atoms with Crippen molar-refractivity contribution in [3.8, 4) is 17.3 Å². The number of fused-ring (bicyclic) bond motifs is 1. The largest absolute Gasteiger partial charge is 0.497 e. The molecule has 0 aliphatic carbocycles. The van der Waals surface area contributed by atoms with Gasteiger partial charge < -0.3 is 13.7 Å². The molecule has 0 amide bonds. The van der Waals surface area contributed by atoms with Gasteiger partial charge in [-0.1, -0.05) is 29.8 Å². The molecular weight excluding hydrogens is 426 g/mol. The quantitative estimate of drug-likeness (QED) is 0.318. The Kier molecular flexibility index (Phi) is 5.21. The lowest BCUT2D eigenvalue weighted by atomic mass is 10.1. The Morgan fingerprint density at radius 2 is 1.97 bits per heavy atom. The van der Waals surface area contributed by atoms with Crippen LogP contribution in [0.2, 0.25) is 5.02 Å². The standard InChI is InChI=1S/C25H18ClN3O3/c1-31-18-9-10-23-19(12-18)20(14-29(23)13-16-5-7-17(26)8-6-16)24(30)22-15-32-25(28-22)21-4-2-3-11-27-21/h2-12,14-15H,13H2,1H3. The van der Waals surface area contributed by atoms with E-state index < -0.39 is 0 Å². The average Bonchev–Trinajstić information content (AvgIpc) is 3.46. The topological polar surface area (TPSA) is 70.2 Å². The van der Waals surface area contributed by atoms with Gasteiger partial charge in [-0.05, 0) is 48.0 Å². The predicted molar refractivity (Wildman–Crippen MR) is 122 cm³/mol. The molecule has 0 saturated carbocycles. The van der Waals surface area contributed by atoms with Crippen LogP contribution in [0.25, 0.3) is 22.5 Å². The number of oxazole rings is 1. The van der Waals surface area contributed by atoms with E-state index in [2.05, 4.69) is 9.97 Å². The van der Waals surface area contributed by atoms with Gasteiger partial charge in [0.25, 0.3) is 0 Å². The molecule has 0 radical (unpaired) electrons. The van der Waals surface area contributed by atoms with Crippen molar-refractivity contribution in [1.82, 2.24) is 14.5 Å². The number of carbonyl (C=O) groups is 1. The zero-order chi connectivity index (χ0) is 22.1. The van der Waals surface area contributed by atoms with Gasteiger partial charge in [0.2, 0.25) is 11.7 Å². The van der Waals surface area contributed by atoms with Crippen molar-refractivity contribution >= 4 is 28.3 Å². The first-order valence-corrected chi connectivity index (χ1v) is 10.3. The number of ketones is 1. The smallest absolute Gasteiger partial charge is 0.245 e. The van der Waals surface area contributed by atoms with E-state index in [1.165, 1.54) is 6.26 Å². The highest BCUT2D eigenvalue weighted by molar-refractivity contribution is 6.30. The maximum absolute atomic E-state index is 13.4. The SMILES string of the molecule is COc1ccc2c(c1)c(C(=O)c1coc(-c3ccccn3)n1)cn2Cc1ccc(Cl)cc1. The molecule has 2 aromatic carbocycles. The summed E-state index contributed by atoms with van der Waals surface area (Å²) in [6.07, 6.45) is 4.86. The molecule has 32 heavy (non-hydrogen) atoms. The van der Waals surface area contributed by atoms with E-state index in [1.807, 2.05) is 59.3 Å². The summed E-state index contributed by atoms with van der Waals surface area (Å²) in [7, 11) is 1.60. The number of halogens is 1. The van der Waals surface area contributed by atoms with Crippen LogP contribution in [-0.4, -0.2) is 27.4 Å². The first kappa shape index (κ1) is 20.0. The number of pyridine rings is 1. The fourth-order valence-corrected chi connectivity index (χ4v) is 3.75. The van der Waals surface area contributed by atoms with Crippen molar-refractivity contribution in [2.75, 3.05) is 7.11 Å². The van der Waals surface area contributed by atoms with Gasteiger partial charge in [-0.2, -0.15) is 0 Å². The average molecular weight is 444 g/mol. The van der Waals surface area contributed by atoms with Gasteiger partial charge in [0.05, 0.1) is 7.11 Å². The van der Waals surface area contributed by atoms with Crippen LogP contribution in [0, 0.1) is 0 Å². The summed E-state index contributed by atoms with van der Waals surface area (Å²) in [6, 6.07) is 18.8. The fourth-order valence-electron chi connectivity index (χ4n) is 3.62. The van der Waals surface area contributed by atoms with E-state index in [9.17, 15) is 4.79 Å². The predicted octanol–water partition coefficient (Wildman–Crippen LogP) is 5.63. The molecule has 6 nitrogen and oxygen atoms in total. The second kappa shape index (κ2) is 8.32. The molecule has 7 heteroatoms. The van der Waals surface area contributed by atoms with E-state index in [1.54, 1.807) is 25.4 Å². The normalized spacial score (nSPS) is 11.1. The Labute approximate surface area is 189 Å². The summed E-state index contributed by atoms with van der Waals surface area (Å²) in [5, 5.41) is 1.46. The van der Waals surface area contributed by atoms with Crippen LogP contribution in [0.3, 0.4) is 0 Å². The highest BCUT2D eigenvalue weighted by atomic mass is 35.5. The number of hydrogen-bond donors (Lipinski definition) is 0. The lowest BCUT2D eigenvalue weighted by Gasteiger charge is -2.06. The van der Waals surface area contributed by atoms with Gasteiger partial charge in [0.1, 0.15) is 17.7 Å². The Bertz CT molecular complexity index is 1410. The van der Waals surface area contributed by atoms with Gasteiger partial charge >= 0.3 is 0 Å². The van der Waals surface area contributed by atoms with Crippen molar-refractivity contribution in [3.05, 3.63) is 101 Å². The molecule has 158 valence electrons. The number of ether oxygens (including phenoxy) is 1. The van der Waals surface area contributed by atoms with Crippen molar-refractivity contribution in [2.24, 2.45) is 0 Å². The monoisotopic (exact) mass is 443 g/mol. The molecule has 0 aliphatic rings. The zero-order valence-electron chi connectivity index (χ0n) is 17.2. The van der Waals surface area contributed by atoms with Crippen molar-refractivity contribution in [2.45, 2.75) is 6.54 Å². The number of benzene rings is 2. The lowest BCUT2D eigenvalue weighted by molar-refractivity contribution is 0.103. The molecule has 0 N–H and O–H groups in total. The molecule has 0 unspecified atom stereocenters. The molecule has 0 bridgehead atoms. The summed E-state index contributed by atoms with van der Waals surface area (Å²) in [5.41, 5.74) is 3.30. The fraction of sp³-hybridized carbons (Fsp3) is 0.0800. The number of hydrogen-bond acceptors (Lipinski definition) is 5. The third kappa shape index (κ3) is 3.76. The summed E-state index contributed by atoms with van der Waals surface area (Å²) in [4.78, 5) is 22.0. The second-order valence-electron chi connectivity index (χ2n) is 7.26. The Hall–Kier alpha value is -3.90. The molecule has 0 spiro atoms. The molecule has 5 rings (SSSR count). The third-order valence-electron chi connectivity index (χ3n) is 5.22. The van der Waals surface area contributed by atoms with E-state index in [0.717, 1.165) is 16.5 Å². The third-order valence-corrected chi connectivity index (χ3v) is 5.47. The first-order valence-electron chi connectivity index (χ1n) is 9.95. The maximum atomic E-state index is 13.4. The molecule has 0 atom stereocenters. The number of methoxy groups -OCH3 is 1. The summed E-state index contributed by atoms with van der Waals surface area (Å²) < 4.78 is 12.9. The molecule has 3 heterocycles. The number of nitrogens with zero attached hydrogens (tertiary/aromatic N) is 3. The van der Waals surface area contributed by atoms with Crippen LogP contribution in [0.4, 0.5) is 0 Å². The van der Waals surface area contributed by atoms with Gasteiger partial charge in [-0.25, -0.2) is 4.98 Å². The highest BCUT2D eigenvalue weighted by Gasteiger charge is 2.21. The number of carbonyl (C=O) groups excluding carboxylic acids is 1. The van der Waals surface area contributed by atoms with Crippen molar-refractivity contribution < 1.29 is 13.9 Å². The molecule has 0 aliphatic heterocycles.